The van der Waals surface area contributed by atoms with E-state index in [-0.39, 0.29) is 11.6 Å². The highest BCUT2D eigenvalue weighted by atomic mass is 16.5. The van der Waals surface area contributed by atoms with Crippen molar-refractivity contribution in [3.63, 3.8) is 0 Å². The molecule has 1 N–H and O–H groups in total. The molecule has 1 aliphatic carbocycles. The van der Waals surface area contributed by atoms with Crippen molar-refractivity contribution in [3.8, 4) is 0 Å². The molecule has 1 saturated carbocycles. The Balaban J connectivity index is 2.30. The number of rotatable bonds is 7. The first-order chi connectivity index (χ1) is 10.2. The summed E-state index contributed by atoms with van der Waals surface area (Å²) in [5, 5.41) is 3.67. The molecule has 2 rings (SSSR count). The van der Waals surface area contributed by atoms with Crippen molar-refractivity contribution < 1.29 is 4.74 Å². The van der Waals surface area contributed by atoms with Crippen LogP contribution in [-0.2, 0) is 4.74 Å². The van der Waals surface area contributed by atoms with E-state index in [2.05, 4.69) is 36.1 Å². The summed E-state index contributed by atoms with van der Waals surface area (Å²) < 4.78 is 6.32. The lowest BCUT2D eigenvalue weighted by molar-refractivity contribution is -0.102. The maximum atomic E-state index is 6.32. The summed E-state index contributed by atoms with van der Waals surface area (Å²) in [6.45, 7) is 8.34. The zero-order valence-electron chi connectivity index (χ0n) is 13.6. The molecule has 4 heteroatoms. The molecule has 3 unspecified atom stereocenters. The standard InChI is InChI=1S/C17H29N3O/c1-4-9-20-16(15-13-18-10-11-19-15)17(21-5-2)8-6-7-14(3)12-17/h10-11,13-14,16,20H,4-9,12H2,1-3H3. The normalized spacial score (nSPS) is 27.5. The van der Waals surface area contributed by atoms with Gasteiger partial charge >= 0.3 is 0 Å². The minimum atomic E-state index is -0.141. The lowest BCUT2D eigenvalue weighted by Gasteiger charge is -2.45. The van der Waals surface area contributed by atoms with E-state index in [0.717, 1.165) is 38.1 Å². The Labute approximate surface area is 128 Å². The highest BCUT2D eigenvalue weighted by Gasteiger charge is 2.44. The van der Waals surface area contributed by atoms with E-state index in [1.165, 1.54) is 12.8 Å². The molecule has 118 valence electrons. The molecule has 0 saturated heterocycles. The monoisotopic (exact) mass is 291 g/mol. The molecule has 0 aromatic carbocycles. The van der Waals surface area contributed by atoms with E-state index in [1.807, 2.05) is 6.20 Å². The Morgan fingerprint density at radius 1 is 1.43 bits per heavy atom. The van der Waals surface area contributed by atoms with Gasteiger partial charge in [-0.2, -0.15) is 0 Å². The molecular formula is C17H29N3O. The number of nitrogens with zero attached hydrogens (tertiary/aromatic N) is 2. The SMILES string of the molecule is CCCNC(c1cnccn1)C1(OCC)CCCC(C)C1. The van der Waals surface area contributed by atoms with Crippen molar-refractivity contribution in [1.29, 1.82) is 0 Å². The van der Waals surface area contributed by atoms with Gasteiger partial charge in [0, 0.05) is 19.0 Å². The van der Waals surface area contributed by atoms with Crippen molar-refractivity contribution >= 4 is 0 Å². The molecule has 4 nitrogen and oxygen atoms in total. The molecule has 1 aromatic rings. The fraction of sp³-hybridized carbons (Fsp3) is 0.765. The van der Waals surface area contributed by atoms with Crippen LogP contribution in [0.25, 0.3) is 0 Å². The van der Waals surface area contributed by atoms with Gasteiger partial charge in [-0.15, -0.1) is 0 Å². The van der Waals surface area contributed by atoms with Gasteiger partial charge in [0.05, 0.1) is 23.5 Å². The lowest BCUT2D eigenvalue weighted by atomic mass is 9.73. The largest absolute Gasteiger partial charge is 0.373 e. The van der Waals surface area contributed by atoms with E-state index < -0.39 is 0 Å². The molecule has 0 radical (unpaired) electrons. The molecule has 0 aliphatic heterocycles. The van der Waals surface area contributed by atoms with Crippen molar-refractivity contribution in [1.82, 2.24) is 15.3 Å². The lowest BCUT2D eigenvalue weighted by Crippen LogP contribution is -2.49. The van der Waals surface area contributed by atoms with E-state index in [9.17, 15) is 0 Å². The topological polar surface area (TPSA) is 47.0 Å². The molecule has 1 fully saturated rings. The van der Waals surface area contributed by atoms with Gasteiger partial charge in [-0.25, -0.2) is 0 Å². The maximum Gasteiger partial charge on any atom is 0.0894 e. The summed E-state index contributed by atoms with van der Waals surface area (Å²) in [6.07, 6.45) is 11.2. The number of hydrogen-bond acceptors (Lipinski definition) is 4. The summed E-state index contributed by atoms with van der Waals surface area (Å²) in [4.78, 5) is 8.82. The number of aromatic nitrogens is 2. The fourth-order valence-electron chi connectivity index (χ4n) is 3.62. The predicted octanol–water partition coefficient (Wildman–Crippen LogP) is 3.50. The third-order valence-electron chi connectivity index (χ3n) is 4.43. The first-order valence-corrected chi connectivity index (χ1v) is 8.35. The second kappa shape index (κ2) is 7.85. The molecule has 0 spiro atoms. The van der Waals surface area contributed by atoms with Gasteiger partial charge < -0.3 is 10.1 Å². The predicted molar refractivity (Wildman–Crippen MR) is 85.1 cm³/mol. The van der Waals surface area contributed by atoms with E-state index >= 15 is 0 Å². The van der Waals surface area contributed by atoms with Crippen molar-refractivity contribution in [2.75, 3.05) is 13.2 Å². The van der Waals surface area contributed by atoms with Gasteiger partial charge in [-0.05, 0) is 38.6 Å². The van der Waals surface area contributed by atoms with Gasteiger partial charge in [-0.1, -0.05) is 26.7 Å². The van der Waals surface area contributed by atoms with Gasteiger partial charge in [0.15, 0.2) is 0 Å². The molecule has 1 heterocycles. The van der Waals surface area contributed by atoms with Gasteiger partial charge in [0.25, 0.3) is 0 Å². The third-order valence-corrected chi connectivity index (χ3v) is 4.43. The molecule has 1 aromatic heterocycles. The quantitative estimate of drug-likeness (QED) is 0.835. The zero-order chi connectivity index (χ0) is 15.1. The number of nitrogens with one attached hydrogen (secondary N) is 1. The average molecular weight is 291 g/mol. The molecule has 21 heavy (non-hydrogen) atoms. The Bertz CT molecular complexity index is 408. The van der Waals surface area contributed by atoms with Gasteiger partial charge in [-0.3, -0.25) is 9.97 Å². The maximum absolute atomic E-state index is 6.32. The molecule has 3 atom stereocenters. The minimum Gasteiger partial charge on any atom is -0.373 e. The van der Waals surface area contributed by atoms with Crippen LogP contribution in [-0.4, -0.2) is 28.7 Å². The van der Waals surface area contributed by atoms with Crippen molar-refractivity contribution in [2.24, 2.45) is 5.92 Å². The Kier molecular flexibility index (Phi) is 6.12. The summed E-state index contributed by atoms with van der Waals surface area (Å²) >= 11 is 0. The van der Waals surface area contributed by atoms with Crippen LogP contribution in [0.3, 0.4) is 0 Å². The highest BCUT2D eigenvalue weighted by Crippen LogP contribution is 2.43. The Morgan fingerprint density at radius 3 is 2.90 bits per heavy atom. The van der Waals surface area contributed by atoms with Crippen molar-refractivity contribution in [3.05, 3.63) is 24.3 Å². The minimum absolute atomic E-state index is 0.133. The van der Waals surface area contributed by atoms with Crippen LogP contribution in [0.5, 0.6) is 0 Å². The molecule has 0 amide bonds. The van der Waals surface area contributed by atoms with Crippen LogP contribution in [0.4, 0.5) is 0 Å². The first-order valence-electron chi connectivity index (χ1n) is 8.35. The van der Waals surface area contributed by atoms with E-state index in [1.54, 1.807) is 12.4 Å². The zero-order valence-corrected chi connectivity index (χ0v) is 13.6. The molecular weight excluding hydrogens is 262 g/mol. The van der Waals surface area contributed by atoms with Crippen molar-refractivity contribution in [2.45, 2.75) is 64.5 Å². The Morgan fingerprint density at radius 2 is 2.29 bits per heavy atom. The highest BCUT2D eigenvalue weighted by molar-refractivity contribution is 5.12. The van der Waals surface area contributed by atoms with E-state index in [4.69, 9.17) is 4.74 Å². The van der Waals surface area contributed by atoms with Crippen LogP contribution in [0, 0.1) is 5.92 Å². The number of ether oxygens (including phenoxy) is 1. The summed E-state index contributed by atoms with van der Waals surface area (Å²) in [6, 6.07) is 0.133. The van der Waals surface area contributed by atoms with Crippen LogP contribution in [0.15, 0.2) is 18.6 Å². The smallest absolute Gasteiger partial charge is 0.0894 e. The van der Waals surface area contributed by atoms with Gasteiger partial charge in [0.1, 0.15) is 0 Å². The second-order valence-corrected chi connectivity index (χ2v) is 6.22. The summed E-state index contributed by atoms with van der Waals surface area (Å²) in [5.41, 5.74) is 0.867. The van der Waals surface area contributed by atoms with Crippen LogP contribution < -0.4 is 5.32 Å². The molecule has 0 bridgehead atoms. The van der Waals surface area contributed by atoms with Crippen LogP contribution >= 0.6 is 0 Å². The summed E-state index contributed by atoms with van der Waals surface area (Å²) in [7, 11) is 0. The first kappa shape index (κ1) is 16.4. The second-order valence-electron chi connectivity index (χ2n) is 6.22. The summed E-state index contributed by atoms with van der Waals surface area (Å²) in [5.74, 6) is 0.702. The molecule has 1 aliphatic rings. The third kappa shape index (κ3) is 4.01. The van der Waals surface area contributed by atoms with Crippen LogP contribution in [0.1, 0.15) is 64.6 Å². The number of hydrogen-bond donors (Lipinski definition) is 1. The average Bonchev–Trinajstić information content (AvgIpc) is 2.49. The van der Waals surface area contributed by atoms with Gasteiger partial charge in [0.2, 0.25) is 0 Å². The fourth-order valence-corrected chi connectivity index (χ4v) is 3.62. The van der Waals surface area contributed by atoms with Crippen LogP contribution in [0.2, 0.25) is 0 Å². The Hall–Kier alpha value is -1.00. The van der Waals surface area contributed by atoms with E-state index in [0.29, 0.717) is 5.92 Å².